The fourth-order valence-corrected chi connectivity index (χ4v) is 5.71. The molecule has 124 valence electrons. The molecule has 1 amide bonds. The van der Waals surface area contributed by atoms with Crippen LogP contribution in [0.2, 0.25) is 0 Å². The molecule has 0 aromatic rings. The van der Waals surface area contributed by atoms with Gasteiger partial charge < -0.3 is 14.4 Å². The Kier molecular flexibility index (Phi) is 3.91. The lowest BCUT2D eigenvalue weighted by Gasteiger charge is -2.59. The Balaban J connectivity index is 1.64. The first kappa shape index (κ1) is 14.9. The summed E-state index contributed by atoms with van der Waals surface area (Å²) >= 11 is 0. The normalized spacial score (nSPS) is 45.4. The van der Waals surface area contributed by atoms with Crippen LogP contribution in [0, 0.1) is 11.8 Å². The van der Waals surface area contributed by atoms with Gasteiger partial charge in [0.1, 0.15) is 0 Å². The van der Waals surface area contributed by atoms with Gasteiger partial charge in [-0.1, -0.05) is 0 Å². The molecule has 4 aliphatic heterocycles. The van der Waals surface area contributed by atoms with E-state index in [1.807, 2.05) is 0 Å². The highest BCUT2D eigenvalue weighted by molar-refractivity contribution is 5.83. The summed E-state index contributed by atoms with van der Waals surface area (Å²) in [5, 5.41) is 0. The molecule has 0 saturated carbocycles. The summed E-state index contributed by atoms with van der Waals surface area (Å²) in [7, 11) is 3.34. The Morgan fingerprint density at radius 1 is 1.09 bits per heavy atom. The first-order valence-corrected chi connectivity index (χ1v) is 8.84. The molecule has 4 heterocycles. The topological polar surface area (TPSA) is 42.0 Å². The standard InChI is InChI=1S/C17H28N2O3/c1-21-14-9-13-12-6-4-8-18-7-3-5-11(15(12)18)10-19(13)17(20)16(14)22-2/h11-16H,3-10H2,1-2H3. The number of carbonyl (C=O) groups is 1. The highest BCUT2D eigenvalue weighted by Gasteiger charge is 2.54. The van der Waals surface area contributed by atoms with Crippen molar-refractivity contribution in [3.63, 3.8) is 0 Å². The molecule has 0 spiro atoms. The van der Waals surface area contributed by atoms with Crippen molar-refractivity contribution >= 4 is 5.91 Å². The third-order valence-corrected chi connectivity index (χ3v) is 6.57. The largest absolute Gasteiger partial charge is 0.378 e. The van der Waals surface area contributed by atoms with Crippen molar-refractivity contribution in [1.29, 1.82) is 0 Å². The third kappa shape index (κ3) is 2.13. The van der Waals surface area contributed by atoms with E-state index in [0.29, 0.717) is 23.9 Å². The van der Waals surface area contributed by atoms with Crippen LogP contribution in [0.3, 0.4) is 0 Å². The minimum Gasteiger partial charge on any atom is -0.378 e. The Hall–Kier alpha value is -0.650. The van der Waals surface area contributed by atoms with Crippen LogP contribution in [0.5, 0.6) is 0 Å². The molecule has 0 N–H and O–H groups in total. The van der Waals surface area contributed by atoms with Crippen LogP contribution in [0.25, 0.3) is 0 Å². The van der Waals surface area contributed by atoms with Gasteiger partial charge >= 0.3 is 0 Å². The molecule has 6 atom stereocenters. The van der Waals surface area contributed by atoms with Crippen LogP contribution in [0.15, 0.2) is 0 Å². The maximum absolute atomic E-state index is 12.9. The molecule has 5 heteroatoms. The SMILES string of the molecule is COC1CC2C3CCCN4CCCC(CN2C(=O)C1OC)C34. The van der Waals surface area contributed by atoms with Crippen LogP contribution >= 0.6 is 0 Å². The van der Waals surface area contributed by atoms with E-state index in [4.69, 9.17) is 9.47 Å². The molecule has 0 aliphatic carbocycles. The smallest absolute Gasteiger partial charge is 0.254 e. The molecule has 6 unspecified atom stereocenters. The highest BCUT2D eigenvalue weighted by atomic mass is 16.5. The van der Waals surface area contributed by atoms with E-state index in [-0.39, 0.29) is 12.0 Å². The van der Waals surface area contributed by atoms with E-state index in [9.17, 15) is 4.79 Å². The molecule has 4 aliphatic rings. The van der Waals surface area contributed by atoms with E-state index in [1.165, 1.54) is 38.8 Å². The Labute approximate surface area is 132 Å². The maximum Gasteiger partial charge on any atom is 0.254 e. The molecule has 0 bridgehead atoms. The highest BCUT2D eigenvalue weighted by Crippen LogP contribution is 2.45. The third-order valence-electron chi connectivity index (χ3n) is 6.57. The van der Waals surface area contributed by atoms with Crippen LogP contribution in [-0.2, 0) is 14.3 Å². The minimum atomic E-state index is -0.416. The fourth-order valence-electron chi connectivity index (χ4n) is 5.71. The second-order valence-electron chi connectivity index (χ2n) is 7.46. The number of fused-ring (bicyclic) bond motifs is 2. The Bertz CT molecular complexity index is 442. The first-order valence-electron chi connectivity index (χ1n) is 8.84. The molecule has 22 heavy (non-hydrogen) atoms. The zero-order valence-electron chi connectivity index (χ0n) is 13.7. The Morgan fingerprint density at radius 2 is 1.86 bits per heavy atom. The molecule has 5 nitrogen and oxygen atoms in total. The zero-order chi connectivity index (χ0) is 15.3. The van der Waals surface area contributed by atoms with Crippen molar-refractivity contribution < 1.29 is 14.3 Å². The summed E-state index contributed by atoms with van der Waals surface area (Å²) < 4.78 is 11.1. The number of carbonyl (C=O) groups excluding carboxylic acids is 1. The van der Waals surface area contributed by atoms with Crippen LogP contribution < -0.4 is 0 Å². The summed E-state index contributed by atoms with van der Waals surface area (Å²) in [4.78, 5) is 17.8. The second kappa shape index (κ2) is 5.77. The van der Waals surface area contributed by atoms with E-state index >= 15 is 0 Å². The lowest BCUT2D eigenvalue weighted by atomic mass is 9.67. The summed E-state index contributed by atoms with van der Waals surface area (Å²) in [5.41, 5.74) is 0. The molecule has 0 aromatic carbocycles. The predicted octanol–water partition coefficient (Wildman–Crippen LogP) is 1.12. The number of hydrogen-bond donors (Lipinski definition) is 0. The van der Waals surface area contributed by atoms with E-state index in [2.05, 4.69) is 9.80 Å². The van der Waals surface area contributed by atoms with Crippen molar-refractivity contribution in [2.75, 3.05) is 33.9 Å². The second-order valence-corrected chi connectivity index (χ2v) is 7.46. The van der Waals surface area contributed by atoms with Crippen molar-refractivity contribution in [1.82, 2.24) is 9.80 Å². The van der Waals surface area contributed by atoms with E-state index in [1.54, 1.807) is 14.2 Å². The number of piperidine rings is 4. The van der Waals surface area contributed by atoms with Gasteiger partial charge in [0, 0.05) is 32.8 Å². The average molecular weight is 308 g/mol. The summed E-state index contributed by atoms with van der Waals surface area (Å²) in [5.74, 6) is 1.45. The van der Waals surface area contributed by atoms with Gasteiger partial charge in [-0.05, 0) is 57.0 Å². The quantitative estimate of drug-likeness (QED) is 0.767. The molecule has 0 radical (unpaired) electrons. The van der Waals surface area contributed by atoms with Gasteiger partial charge in [0.15, 0.2) is 6.10 Å². The van der Waals surface area contributed by atoms with Crippen molar-refractivity contribution in [3.8, 4) is 0 Å². The lowest BCUT2D eigenvalue weighted by Crippen LogP contribution is -2.70. The van der Waals surface area contributed by atoms with Gasteiger partial charge in [-0.3, -0.25) is 9.69 Å². The molecular formula is C17H28N2O3. The minimum absolute atomic E-state index is 0.0886. The summed E-state index contributed by atoms with van der Waals surface area (Å²) in [6, 6.07) is 1.05. The maximum atomic E-state index is 12.9. The number of amides is 1. The van der Waals surface area contributed by atoms with Gasteiger partial charge in [-0.2, -0.15) is 0 Å². The number of rotatable bonds is 2. The molecule has 4 saturated heterocycles. The van der Waals surface area contributed by atoms with Gasteiger partial charge in [-0.15, -0.1) is 0 Å². The van der Waals surface area contributed by atoms with E-state index in [0.717, 1.165) is 13.0 Å². The van der Waals surface area contributed by atoms with Crippen molar-refractivity contribution in [3.05, 3.63) is 0 Å². The van der Waals surface area contributed by atoms with Crippen LogP contribution in [0.4, 0.5) is 0 Å². The first-order chi connectivity index (χ1) is 10.7. The van der Waals surface area contributed by atoms with Gasteiger partial charge in [0.05, 0.1) is 6.10 Å². The van der Waals surface area contributed by atoms with Gasteiger partial charge in [-0.25, -0.2) is 0 Å². The Morgan fingerprint density at radius 3 is 2.59 bits per heavy atom. The van der Waals surface area contributed by atoms with Crippen LogP contribution in [0.1, 0.15) is 32.1 Å². The van der Waals surface area contributed by atoms with Crippen molar-refractivity contribution in [2.24, 2.45) is 11.8 Å². The molecule has 4 rings (SSSR count). The summed E-state index contributed by atoms with van der Waals surface area (Å²) in [6.07, 6.45) is 5.53. The zero-order valence-corrected chi connectivity index (χ0v) is 13.7. The van der Waals surface area contributed by atoms with E-state index < -0.39 is 6.10 Å². The molecule has 4 fully saturated rings. The number of nitrogens with zero attached hydrogens (tertiary/aromatic N) is 2. The number of ether oxygens (including phenoxy) is 2. The fraction of sp³-hybridized carbons (Fsp3) is 0.941. The van der Waals surface area contributed by atoms with Gasteiger partial charge in [0.2, 0.25) is 0 Å². The van der Waals surface area contributed by atoms with Crippen molar-refractivity contribution in [2.45, 2.75) is 56.4 Å². The monoisotopic (exact) mass is 308 g/mol. The summed E-state index contributed by atoms with van der Waals surface area (Å²) in [6.45, 7) is 3.44. The average Bonchev–Trinajstić information content (AvgIpc) is 2.56. The van der Waals surface area contributed by atoms with Gasteiger partial charge in [0.25, 0.3) is 5.91 Å². The molecular weight excluding hydrogens is 280 g/mol. The number of hydrogen-bond acceptors (Lipinski definition) is 4. The molecule has 0 aromatic heterocycles. The number of methoxy groups -OCH3 is 2. The lowest BCUT2D eigenvalue weighted by molar-refractivity contribution is -0.180. The van der Waals surface area contributed by atoms with Crippen LogP contribution in [-0.4, -0.2) is 73.9 Å². The predicted molar refractivity (Wildman–Crippen MR) is 82.5 cm³/mol.